The average Bonchev–Trinajstić information content (AvgIpc) is 2.72. The molecule has 0 bridgehead atoms. The molecule has 0 unspecified atom stereocenters. The minimum absolute atomic E-state index is 0.357. The first-order valence-corrected chi connectivity index (χ1v) is 5.92. The highest BCUT2D eigenvalue weighted by atomic mass is 15.2. The van der Waals surface area contributed by atoms with Gasteiger partial charge in [0.25, 0.3) is 0 Å². The van der Waals surface area contributed by atoms with Crippen molar-refractivity contribution in [2.75, 3.05) is 0 Å². The summed E-state index contributed by atoms with van der Waals surface area (Å²) in [5, 5.41) is 7.66. The third-order valence-corrected chi connectivity index (χ3v) is 2.91. The highest BCUT2D eigenvalue weighted by Gasteiger charge is 2.05. The molecule has 0 aliphatic heterocycles. The predicted molar refractivity (Wildman–Crippen MR) is 69.6 cm³/mol. The van der Waals surface area contributed by atoms with E-state index in [1.807, 2.05) is 24.1 Å². The number of nitrogens with one attached hydrogen (secondary N) is 1. The Morgan fingerprint density at radius 2 is 2.24 bits per heavy atom. The van der Waals surface area contributed by atoms with Gasteiger partial charge in [0.05, 0.1) is 6.20 Å². The minimum atomic E-state index is 0.357. The third kappa shape index (κ3) is 3.17. The first-order chi connectivity index (χ1) is 8.15. The molecule has 1 N–H and O–H groups in total. The van der Waals surface area contributed by atoms with Crippen LogP contribution in [0.1, 0.15) is 29.7 Å². The number of benzene rings is 1. The summed E-state index contributed by atoms with van der Waals surface area (Å²) in [6, 6.07) is 8.97. The summed E-state index contributed by atoms with van der Waals surface area (Å²) >= 11 is 0. The molecule has 0 aliphatic carbocycles. The Morgan fingerprint density at radius 3 is 2.88 bits per heavy atom. The standard InChI is InChI=1S/C14H19N3/c1-11-5-4-6-14(7-11)12(2)15-8-13-9-16-17(3)10-13/h4-7,9-10,12,15H,8H2,1-3H3/t12-/m0/s1. The summed E-state index contributed by atoms with van der Waals surface area (Å²) in [5.41, 5.74) is 3.85. The number of hydrogen-bond donors (Lipinski definition) is 1. The lowest BCUT2D eigenvalue weighted by Gasteiger charge is -2.14. The van der Waals surface area contributed by atoms with E-state index in [0.29, 0.717) is 6.04 Å². The third-order valence-electron chi connectivity index (χ3n) is 2.91. The molecular weight excluding hydrogens is 210 g/mol. The van der Waals surface area contributed by atoms with Crippen LogP contribution < -0.4 is 5.32 Å². The highest BCUT2D eigenvalue weighted by molar-refractivity contribution is 5.24. The molecule has 1 aromatic carbocycles. The zero-order valence-corrected chi connectivity index (χ0v) is 10.6. The van der Waals surface area contributed by atoms with Gasteiger partial charge in [-0.25, -0.2) is 0 Å². The number of hydrogen-bond acceptors (Lipinski definition) is 2. The van der Waals surface area contributed by atoms with Crippen LogP contribution in [0.5, 0.6) is 0 Å². The summed E-state index contributed by atoms with van der Waals surface area (Å²) in [6.07, 6.45) is 3.94. The first-order valence-electron chi connectivity index (χ1n) is 5.92. The second-order valence-electron chi connectivity index (χ2n) is 4.54. The number of rotatable bonds is 4. The van der Waals surface area contributed by atoms with Crippen molar-refractivity contribution in [1.82, 2.24) is 15.1 Å². The van der Waals surface area contributed by atoms with Crippen LogP contribution in [0.2, 0.25) is 0 Å². The Morgan fingerprint density at radius 1 is 1.41 bits per heavy atom. The van der Waals surface area contributed by atoms with Gasteiger partial charge in [0, 0.05) is 31.4 Å². The van der Waals surface area contributed by atoms with E-state index in [1.165, 1.54) is 16.7 Å². The molecule has 90 valence electrons. The van der Waals surface area contributed by atoms with Crippen LogP contribution in [0.3, 0.4) is 0 Å². The topological polar surface area (TPSA) is 29.9 Å². The summed E-state index contributed by atoms with van der Waals surface area (Å²) in [4.78, 5) is 0. The summed E-state index contributed by atoms with van der Waals surface area (Å²) in [5.74, 6) is 0. The largest absolute Gasteiger partial charge is 0.306 e. The van der Waals surface area contributed by atoms with Crippen molar-refractivity contribution in [3.05, 3.63) is 53.3 Å². The molecule has 0 saturated heterocycles. The van der Waals surface area contributed by atoms with Gasteiger partial charge < -0.3 is 5.32 Å². The second-order valence-corrected chi connectivity index (χ2v) is 4.54. The van der Waals surface area contributed by atoms with Gasteiger partial charge >= 0.3 is 0 Å². The van der Waals surface area contributed by atoms with Crippen molar-refractivity contribution in [1.29, 1.82) is 0 Å². The van der Waals surface area contributed by atoms with Gasteiger partial charge in [-0.05, 0) is 19.4 Å². The lowest BCUT2D eigenvalue weighted by Crippen LogP contribution is -2.17. The lowest BCUT2D eigenvalue weighted by molar-refractivity contribution is 0.574. The van der Waals surface area contributed by atoms with Crippen molar-refractivity contribution >= 4 is 0 Å². The molecule has 0 spiro atoms. The molecule has 0 aliphatic rings. The summed E-state index contributed by atoms with van der Waals surface area (Å²) < 4.78 is 1.83. The molecule has 0 saturated carbocycles. The van der Waals surface area contributed by atoms with Crippen LogP contribution in [0, 0.1) is 6.92 Å². The van der Waals surface area contributed by atoms with Gasteiger partial charge in [-0.15, -0.1) is 0 Å². The van der Waals surface area contributed by atoms with Crippen LogP contribution >= 0.6 is 0 Å². The number of nitrogens with zero attached hydrogens (tertiary/aromatic N) is 2. The fourth-order valence-electron chi connectivity index (χ4n) is 1.89. The Hall–Kier alpha value is -1.61. The van der Waals surface area contributed by atoms with Gasteiger partial charge in [0.1, 0.15) is 0 Å². The Balaban J connectivity index is 1.95. The van der Waals surface area contributed by atoms with E-state index in [1.54, 1.807) is 0 Å². The van der Waals surface area contributed by atoms with E-state index >= 15 is 0 Å². The highest BCUT2D eigenvalue weighted by Crippen LogP contribution is 2.14. The summed E-state index contributed by atoms with van der Waals surface area (Å²) in [6.45, 7) is 5.16. The zero-order chi connectivity index (χ0) is 12.3. The first kappa shape index (κ1) is 11.9. The normalized spacial score (nSPS) is 12.6. The quantitative estimate of drug-likeness (QED) is 0.873. The molecule has 17 heavy (non-hydrogen) atoms. The molecule has 3 nitrogen and oxygen atoms in total. The van der Waals surface area contributed by atoms with Crippen molar-refractivity contribution in [3.8, 4) is 0 Å². The monoisotopic (exact) mass is 229 g/mol. The SMILES string of the molecule is Cc1cccc([C@H](C)NCc2cnn(C)c2)c1. The minimum Gasteiger partial charge on any atom is -0.306 e. The van der Waals surface area contributed by atoms with Crippen molar-refractivity contribution in [2.45, 2.75) is 26.4 Å². The van der Waals surface area contributed by atoms with Crippen LogP contribution in [0.25, 0.3) is 0 Å². The van der Waals surface area contributed by atoms with Gasteiger partial charge in [-0.1, -0.05) is 29.8 Å². The maximum Gasteiger partial charge on any atom is 0.0534 e. The van der Waals surface area contributed by atoms with Crippen molar-refractivity contribution in [2.24, 2.45) is 7.05 Å². The molecule has 1 atom stereocenters. The van der Waals surface area contributed by atoms with Crippen LogP contribution in [0.15, 0.2) is 36.7 Å². The summed E-state index contributed by atoms with van der Waals surface area (Å²) in [7, 11) is 1.94. The fraction of sp³-hybridized carbons (Fsp3) is 0.357. The van der Waals surface area contributed by atoms with Crippen LogP contribution in [0.4, 0.5) is 0 Å². The molecule has 1 aromatic heterocycles. The molecule has 0 fully saturated rings. The second kappa shape index (κ2) is 5.15. The molecule has 2 aromatic rings. The maximum atomic E-state index is 4.16. The number of aromatic nitrogens is 2. The maximum absolute atomic E-state index is 4.16. The van der Waals surface area contributed by atoms with Gasteiger partial charge in [-0.3, -0.25) is 4.68 Å². The van der Waals surface area contributed by atoms with E-state index in [4.69, 9.17) is 0 Å². The van der Waals surface area contributed by atoms with E-state index in [9.17, 15) is 0 Å². The smallest absolute Gasteiger partial charge is 0.0534 e. The van der Waals surface area contributed by atoms with E-state index < -0.39 is 0 Å². The molecule has 2 rings (SSSR count). The zero-order valence-electron chi connectivity index (χ0n) is 10.6. The Kier molecular flexibility index (Phi) is 3.59. The number of aryl methyl sites for hydroxylation is 2. The lowest BCUT2D eigenvalue weighted by atomic mass is 10.1. The molecule has 1 heterocycles. The van der Waals surface area contributed by atoms with E-state index in [2.05, 4.69) is 48.5 Å². The van der Waals surface area contributed by atoms with Gasteiger partial charge in [0.2, 0.25) is 0 Å². The Labute approximate surface area is 102 Å². The van der Waals surface area contributed by atoms with E-state index in [0.717, 1.165) is 6.54 Å². The molecule has 0 amide bonds. The predicted octanol–water partition coefficient (Wildman–Crippen LogP) is 2.58. The van der Waals surface area contributed by atoms with E-state index in [-0.39, 0.29) is 0 Å². The van der Waals surface area contributed by atoms with Crippen molar-refractivity contribution < 1.29 is 0 Å². The van der Waals surface area contributed by atoms with Gasteiger partial charge in [0.15, 0.2) is 0 Å². The van der Waals surface area contributed by atoms with Crippen LogP contribution in [-0.2, 0) is 13.6 Å². The molecule has 0 radical (unpaired) electrons. The van der Waals surface area contributed by atoms with Gasteiger partial charge in [-0.2, -0.15) is 5.10 Å². The Bertz CT molecular complexity index is 488. The average molecular weight is 229 g/mol. The van der Waals surface area contributed by atoms with Crippen LogP contribution in [-0.4, -0.2) is 9.78 Å². The molecule has 3 heteroatoms. The fourth-order valence-corrected chi connectivity index (χ4v) is 1.89. The van der Waals surface area contributed by atoms with Crippen molar-refractivity contribution in [3.63, 3.8) is 0 Å². The molecular formula is C14H19N3.